The number of epoxide rings is 2. The molecule has 2 aliphatic heterocycles. The smallest absolute Gasteiger partial charge is 0.104 e. The SMILES string of the molecule is C(CCOC[C@@H]1CO1)COC[C@@H]1CO1.S.S. The van der Waals surface area contributed by atoms with E-state index in [-0.39, 0.29) is 27.0 Å². The molecule has 2 fully saturated rings. The van der Waals surface area contributed by atoms with Gasteiger partial charge in [-0.2, -0.15) is 27.0 Å². The van der Waals surface area contributed by atoms with Gasteiger partial charge in [0.2, 0.25) is 0 Å². The molecule has 6 heteroatoms. The number of rotatable bonds is 9. The van der Waals surface area contributed by atoms with Crippen molar-refractivity contribution in [1.82, 2.24) is 0 Å². The monoisotopic (exact) mass is 270 g/mol. The molecule has 0 aromatic heterocycles. The first-order chi connectivity index (χ1) is 6.95. The van der Waals surface area contributed by atoms with Crippen molar-refractivity contribution < 1.29 is 18.9 Å². The van der Waals surface area contributed by atoms with Crippen LogP contribution in [0.15, 0.2) is 0 Å². The van der Waals surface area contributed by atoms with Crippen molar-refractivity contribution in [2.24, 2.45) is 0 Å². The lowest BCUT2D eigenvalue weighted by Crippen LogP contribution is -2.05. The minimum Gasteiger partial charge on any atom is -0.379 e. The molecule has 2 heterocycles. The van der Waals surface area contributed by atoms with Crippen LogP contribution in [0.3, 0.4) is 0 Å². The van der Waals surface area contributed by atoms with E-state index in [0.717, 1.165) is 52.5 Å². The first-order valence-electron chi connectivity index (χ1n) is 5.34. The van der Waals surface area contributed by atoms with E-state index in [0.29, 0.717) is 12.2 Å². The van der Waals surface area contributed by atoms with Crippen molar-refractivity contribution in [2.75, 3.05) is 39.6 Å². The maximum atomic E-state index is 5.39. The maximum absolute atomic E-state index is 5.39. The van der Waals surface area contributed by atoms with Gasteiger partial charge in [-0.1, -0.05) is 0 Å². The summed E-state index contributed by atoms with van der Waals surface area (Å²) in [5, 5.41) is 0. The second-order valence-electron chi connectivity index (χ2n) is 3.77. The molecule has 16 heavy (non-hydrogen) atoms. The highest BCUT2D eigenvalue weighted by Crippen LogP contribution is 2.09. The minimum atomic E-state index is 0. The molecule has 0 amide bonds. The fourth-order valence-electron chi connectivity index (χ4n) is 1.17. The highest BCUT2D eigenvalue weighted by atomic mass is 32.1. The Bertz CT molecular complexity index is 145. The quantitative estimate of drug-likeness (QED) is 0.460. The van der Waals surface area contributed by atoms with Gasteiger partial charge in [-0.3, -0.25) is 0 Å². The van der Waals surface area contributed by atoms with Gasteiger partial charge in [0.25, 0.3) is 0 Å². The molecule has 2 aliphatic rings. The molecule has 2 saturated heterocycles. The second-order valence-corrected chi connectivity index (χ2v) is 3.77. The van der Waals surface area contributed by atoms with Crippen molar-refractivity contribution >= 4 is 27.0 Å². The second kappa shape index (κ2) is 9.56. The van der Waals surface area contributed by atoms with Crippen molar-refractivity contribution in [3.05, 3.63) is 0 Å². The average Bonchev–Trinajstić information content (AvgIpc) is 3.00. The van der Waals surface area contributed by atoms with Crippen LogP contribution in [-0.4, -0.2) is 51.8 Å². The van der Waals surface area contributed by atoms with E-state index in [1.165, 1.54) is 0 Å². The Morgan fingerprint density at radius 2 is 1.19 bits per heavy atom. The Morgan fingerprint density at radius 1 is 0.812 bits per heavy atom. The lowest BCUT2D eigenvalue weighted by atomic mass is 10.3. The first-order valence-corrected chi connectivity index (χ1v) is 5.34. The molecule has 0 aliphatic carbocycles. The summed E-state index contributed by atoms with van der Waals surface area (Å²) < 4.78 is 20.8. The standard InChI is InChI=1S/C10H18O4.2H2S/c1(3-11-5-9-7-13-9)2-4-12-6-10-8-14-10;;/h9-10H,1-8H2;2*1H2/t9-,10-;;/m1../s1. The largest absolute Gasteiger partial charge is 0.379 e. The van der Waals surface area contributed by atoms with Gasteiger partial charge < -0.3 is 18.9 Å². The maximum Gasteiger partial charge on any atom is 0.104 e. The van der Waals surface area contributed by atoms with E-state index in [2.05, 4.69) is 0 Å². The van der Waals surface area contributed by atoms with Crippen molar-refractivity contribution in [3.63, 3.8) is 0 Å². The summed E-state index contributed by atoms with van der Waals surface area (Å²) in [6.07, 6.45) is 2.91. The van der Waals surface area contributed by atoms with E-state index < -0.39 is 0 Å². The van der Waals surface area contributed by atoms with E-state index >= 15 is 0 Å². The molecular formula is C10H22O4S2. The molecule has 0 aromatic rings. The van der Waals surface area contributed by atoms with Crippen molar-refractivity contribution in [1.29, 1.82) is 0 Å². The van der Waals surface area contributed by atoms with Crippen LogP contribution in [0.25, 0.3) is 0 Å². The van der Waals surface area contributed by atoms with Gasteiger partial charge in [0, 0.05) is 13.2 Å². The van der Waals surface area contributed by atoms with Crippen LogP contribution >= 0.6 is 27.0 Å². The molecule has 0 unspecified atom stereocenters. The van der Waals surface area contributed by atoms with Crippen LogP contribution in [-0.2, 0) is 18.9 Å². The van der Waals surface area contributed by atoms with Gasteiger partial charge >= 0.3 is 0 Å². The summed E-state index contributed by atoms with van der Waals surface area (Å²) >= 11 is 0. The zero-order valence-electron chi connectivity index (χ0n) is 9.44. The molecule has 4 nitrogen and oxygen atoms in total. The number of hydrogen-bond acceptors (Lipinski definition) is 4. The van der Waals surface area contributed by atoms with Gasteiger partial charge in [0.15, 0.2) is 0 Å². The highest BCUT2D eigenvalue weighted by Gasteiger charge is 2.22. The van der Waals surface area contributed by atoms with Crippen LogP contribution in [0.5, 0.6) is 0 Å². The third-order valence-electron chi connectivity index (χ3n) is 2.24. The predicted molar refractivity (Wildman–Crippen MR) is 71.1 cm³/mol. The third kappa shape index (κ3) is 8.66. The molecule has 0 spiro atoms. The zero-order chi connectivity index (χ0) is 9.64. The van der Waals surface area contributed by atoms with Crippen LogP contribution in [0.4, 0.5) is 0 Å². The number of unbranched alkanes of at least 4 members (excludes halogenated alkanes) is 1. The molecular weight excluding hydrogens is 248 g/mol. The van der Waals surface area contributed by atoms with Crippen LogP contribution in [0.1, 0.15) is 12.8 Å². The summed E-state index contributed by atoms with van der Waals surface area (Å²) in [4.78, 5) is 0. The van der Waals surface area contributed by atoms with Crippen LogP contribution in [0, 0.1) is 0 Å². The third-order valence-corrected chi connectivity index (χ3v) is 2.24. The summed E-state index contributed by atoms with van der Waals surface area (Å²) in [7, 11) is 0. The average molecular weight is 270 g/mol. The van der Waals surface area contributed by atoms with E-state index in [1.807, 2.05) is 0 Å². The van der Waals surface area contributed by atoms with Crippen LogP contribution < -0.4 is 0 Å². The Hall–Kier alpha value is 0.540. The molecule has 2 atom stereocenters. The normalized spacial score (nSPS) is 25.5. The predicted octanol–water partition coefficient (Wildman–Crippen LogP) is 0.823. The van der Waals surface area contributed by atoms with Crippen molar-refractivity contribution in [2.45, 2.75) is 25.0 Å². The molecule has 98 valence electrons. The van der Waals surface area contributed by atoms with Gasteiger partial charge in [0.1, 0.15) is 12.2 Å². The summed E-state index contributed by atoms with van der Waals surface area (Å²) in [6, 6.07) is 0. The van der Waals surface area contributed by atoms with Gasteiger partial charge in [-0.15, -0.1) is 0 Å². The lowest BCUT2D eigenvalue weighted by molar-refractivity contribution is 0.0885. The molecule has 0 saturated carbocycles. The van der Waals surface area contributed by atoms with E-state index in [1.54, 1.807) is 0 Å². The first kappa shape index (κ1) is 16.5. The highest BCUT2D eigenvalue weighted by molar-refractivity contribution is 7.59. The van der Waals surface area contributed by atoms with E-state index in [9.17, 15) is 0 Å². The summed E-state index contributed by atoms with van der Waals surface area (Å²) in [5.41, 5.74) is 0. The van der Waals surface area contributed by atoms with E-state index in [4.69, 9.17) is 18.9 Å². The Kier molecular flexibility index (Phi) is 9.88. The molecule has 0 radical (unpaired) electrons. The number of ether oxygens (including phenoxy) is 4. The zero-order valence-corrected chi connectivity index (χ0v) is 11.4. The molecule has 0 N–H and O–H groups in total. The Labute approximate surface area is 111 Å². The summed E-state index contributed by atoms with van der Waals surface area (Å²) in [5.74, 6) is 0. The van der Waals surface area contributed by atoms with Gasteiger partial charge in [-0.05, 0) is 12.8 Å². The number of hydrogen-bond donors (Lipinski definition) is 0. The molecule has 2 rings (SSSR count). The van der Waals surface area contributed by atoms with Crippen molar-refractivity contribution in [3.8, 4) is 0 Å². The van der Waals surface area contributed by atoms with Gasteiger partial charge in [-0.25, -0.2) is 0 Å². The Balaban J connectivity index is 0.00000112. The lowest BCUT2D eigenvalue weighted by Gasteiger charge is -2.03. The fraction of sp³-hybridized carbons (Fsp3) is 1.00. The molecule has 0 bridgehead atoms. The topological polar surface area (TPSA) is 43.5 Å². The summed E-state index contributed by atoms with van der Waals surface area (Å²) in [6.45, 7) is 4.93. The molecule has 0 aromatic carbocycles. The fourth-order valence-corrected chi connectivity index (χ4v) is 1.17. The van der Waals surface area contributed by atoms with Gasteiger partial charge in [0.05, 0.1) is 26.4 Å². The van der Waals surface area contributed by atoms with Crippen LogP contribution in [0.2, 0.25) is 0 Å². The Morgan fingerprint density at radius 3 is 1.50 bits per heavy atom. The minimum absolute atomic E-state index is 0.